The maximum atomic E-state index is 12.8. The number of nitrogens with one attached hydrogen (secondary N) is 1. The van der Waals surface area contributed by atoms with Gasteiger partial charge in [0.25, 0.3) is 0 Å². The van der Waals surface area contributed by atoms with Gasteiger partial charge in [-0.1, -0.05) is 6.07 Å². The lowest BCUT2D eigenvalue weighted by Gasteiger charge is -2.14. The molecule has 1 aliphatic rings. The summed E-state index contributed by atoms with van der Waals surface area (Å²) in [6.45, 7) is 5.15. The van der Waals surface area contributed by atoms with Crippen LogP contribution in [0, 0.1) is 6.92 Å². The first-order chi connectivity index (χ1) is 14.8. The summed E-state index contributed by atoms with van der Waals surface area (Å²) in [5.74, 6) is 0.582. The molecule has 9 heteroatoms. The van der Waals surface area contributed by atoms with Crippen molar-refractivity contribution >= 4 is 0 Å². The van der Waals surface area contributed by atoms with Gasteiger partial charge in [-0.15, -0.1) is 0 Å². The van der Waals surface area contributed by atoms with Gasteiger partial charge in [0, 0.05) is 49.9 Å². The van der Waals surface area contributed by atoms with Crippen LogP contribution in [-0.4, -0.2) is 44.6 Å². The van der Waals surface area contributed by atoms with Crippen molar-refractivity contribution in [1.82, 2.24) is 24.9 Å². The Morgan fingerprint density at radius 3 is 2.84 bits per heavy atom. The molecule has 3 heterocycles. The molecule has 0 amide bonds. The molecule has 0 unspecified atom stereocenters. The lowest BCUT2D eigenvalue weighted by Crippen LogP contribution is -2.20. The van der Waals surface area contributed by atoms with Crippen molar-refractivity contribution in [1.29, 1.82) is 0 Å². The van der Waals surface area contributed by atoms with Gasteiger partial charge in [0.2, 0.25) is 0 Å². The summed E-state index contributed by atoms with van der Waals surface area (Å²) in [5, 5.41) is 11.9. The molecule has 0 radical (unpaired) electrons. The zero-order valence-corrected chi connectivity index (χ0v) is 17.6. The van der Waals surface area contributed by atoms with Gasteiger partial charge in [0.15, 0.2) is 0 Å². The van der Waals surface area contributed by atoms with E-state index in [0.29, 0.717) is 12.3 Å². The topological polar surface area (TPSA) is 59.0 Å². The van der Waals surface area contributed by atoms with Gasteiger partial charge in [-0.3, -0.25) is 14.7 Å². The molecular weight excluding hydrogens is 407 g/mol. The summed E-state index contributed by atoms with van der Waals surface area (Å²) in [4.78, 5) is 2.42. The third kappa shape index (κ3) is 5.28. The molecule has 31 heavy (non-hydrogen) atoms. The standard InChI is InChI=1S/C22H26F3N5O/c1-15-17(12-29(2)28-15)14-30-8-6-16(13-30)21-11-19(26-27-21)7-9-31-20-5-3-4-18(10-20)22(23,24)25/h3-5,10-12,16H,6-9,13-14H2,1-2H3,(H,26,27)/t16-/m1/s1. The van der Waals surface area contributed by atoms with Crippen molar-refractivity contribution < 1.29 is 17.9 Å². The Hall–Kier alpha value is -2.81. The third-order valence-electron chi connectivity index (χ3n) is 5.65. The minimum Gasteiger partial charge on any atom is -0.493 e. The zero-order valence-electron chi connectivity index (χ0n) is 17.6. The van der Waals surface area contributed by atoms with Crippen LogP contribution in [0.4, 0.5) is 13.2 Å². The Labute approximate surface area is 179 Å². The minimum atomic E-state index is -4.37. The van der Waals surface area contributed by atoms with E-state index >= 15 is 0 Å². The average Bonchev–Trinajstić information content (AvgIpc) is 3.43. The number of aromatic amines is 1. The Morgan fingerprint density at radius 1 is 1.26 bits per heavy atom. The van der Waals surface area contributed by atoms with Crippen molar-refractivity contribution in [3.63, 3.8) is 0 Å². The third-order valence-corrected chi connectivity index (χ3v) is 5.65. The van der Waals surface area contributed by atoms with Gasteiger partial charge in [-0.25, -0.2) is 0 Å². The molecule has 1 saturated heterocycles. The fourth-order valence-electron chi connectivity index (χ4n) is 4.02. The van der Waals surface area contributed by atoms with Gasteiger partial charge >= 0.3 is 6.18 Å². The predicted octanol–water partition coefficient (Wildman–Crippen LogP) is 4.08. The number of H-pyrrole nitrogens is 1. The molecular formula is C22H26F3N5O. The molecule has 3 aromatic rings. The van der Waals surface area contributed by atoms with Gasteiger partial charge in [0.05, 0.1) is 23.6 Å². The highest BCUT2D eigenvalue weighted by Gasteiger charge is 2.30. The molecule has 1 N–H and O–H groups in total. The van der Waals surface area contributed by atoms with Crippen LogP contribution in [0.5, 0.6) is 5.75 Å². The van der Waals surface area contributed by atoms with Crippen molar-refractivity contribution in [2.75, 3.05) is 19.7 Å². The molecule has 0 saturated carbocycles. The molecule has 1 aromatic carbocycles. The summed E-state index contributed by atoms with van der Waals surface area (Å²) < 4.78 is 45.8. The van der Waals surface area contributed by atoms with Crippen LogP contribution in [0.2, 0.25) is 0 Å². The van der Waals surface area contributed by atoms with E-state index in [1.165, 1.54) is 17.7 Å². The van der Waals surface area contributed by atoms with Crippen LogP contribution in [0.3, 0.4) is 0 Å². The number of aromatic nitrogens is 4. The number of hydrogen-bond donors (Lipinski definition) is 1. The van der Waals surface area contributed by atoms with Crippen molar-refractivity contribution in [2.45, 2.75) is 38.4 Å². The summed E-state index contributed by atoms with van der Waals surface area (Å²) in [7, 11) is 1.94. The summed E-state index contributed by atoms with van der Waals surface area (Å²) in [6.07, 6.45) is -0.707. The van der Waals surface area contributed by atoms with E-state index < -0.39 is 11.7 Å². The van der Waals surface area contributed by atoms with Crippen molar-refractivity contribution in [2.24, 2.45) is 7.05 Å². The summed E-state index contributed by atoms with van der Waals surface area (Å²) in [5.41, 5.74) is 3.55. The number of nitrogens with zero attached hydrogens (tertiary/aromatic N) is 4. The average molecular weight is 433 g/mol. The summed E-state index contributed by atoms with van der Waals surface area (Å²) in [6, 6.07) is 6.99. The molecule has 1 aliphatic heterocycles. The number of alkyl halides is 3. The van der Waals surface area contributed by atoms with E-state index in [-0.39, 0.29) is 12.4 Å². The number of aryl methyl sites for hydroxylation is 2. The van der Waals surface area contributed by atoms with Gasteiger partial charge < -0.3 is 4.74 Å². The van der Waals surface area contributed by atoms with E-state index in [2.05, 4.69) is 26.4 Å². The molecule has 1 fully saturated rings. The van der Waals surface area contributed by atoms with Gasteiger partial charge in [-0.2, -0.15) is 23.4 Å². The molecule has 6 nitrogen and oxygen atoms in total. The van der Waals surface area contributed by atoms with Crippen LogP contribution < -0.4 is 4.74 Å². The van der Waals surface area contributed by atoms with Crippen LogP contribution in [-0.2, 0) is 26.2 Å². The molecule has 2 aromatic heterocycles. The first-order valence-electron chi connectivity index (χ1n) is 10.3. The lowest BCUT2D eigenvalue weighted by atomic mass is 10.0. The number of hydrogen-bond acceptors (Lipinski definition) is 4. The minimum absolute atomic E-state index is 0.215. The quantitative estimate of drug-likeness (QED) is 0.610. The fraction of sp³-hybridized carbons (Fsp3) is 0.455. The zero-order chi connectivity index (χ0) is 22.0. The number of benzene rings is 1. The van der Waals surface area contributed by atoms with E-state index in [1.54, 1.807) is 0 Å². The molecule has 0 bridgehead atoms. The first-order valence-corrected chi connectivity index (χ1v) is 10.3. The monoisotopic (exact) mass is 433 g/mol. The Morgan fingerprint density at radius 2 is 2.10 bits per heavy atom. The highest BCUT2D eigenvalue weighted by Crippen LogP contribution is 2.31. The smallest absolute Gasteiger partial charge is 0.416 e. The largest absolute Gasteiger partial charge is 0.493 e. The van der Waals surface area contributed by atoms with Crippen LogP contribution in [0.25, 0.3) is 0 Å². The Kier molecular flexibility index (Phi) is 6.04. The van der Waals surface area contributed by atoms with Gasteiger partial charge in [0.1, 0.15) is 5.75 Å². The molecule has 1 atom stereocenters. The molecule has 166 valence electrons. The van der Waals surface area contributed by atoms with E-state index in [0.717, 1.165) is 55.3 Å². The maximum absolute atomic E-state index is 12.8. The van der Waals surface area contributed by atoms with Crippen molar-refractivity contribution in [3.8, 4) is 5.75 Å². The molecule has 0 spiro atoms. The van der Waals surface area contributed by atoms with Crippen molar-refractivity contribution in [3.05, 3.63) is 64.7 Å². The fourth-order valence-corrected chi connectivity index (χ4v) is 4.02. The summed E-state index contributed by atoms with van der Waals surface area (Å²) >= 11 is 0. The number of rotatable bonds is 7. The molecule has 4 rings (SSSR count). The SMILES string of the molecule is Cc1nn(C)cc1CN1CC[C@@H](c2cc(CCOc3cccc(C(F)(F)F)c3)[nH]n2)C1. The van der Waals surface area contributed by atoms with Crippen LogP contribution in [0.1, 0.15) is 40.5 Å². The second-order valence-electron chi connectivity index (χ2n) is 8.08. The first kappa shape index (κ1) is 21.4. The normalized spacial score (nSPS) is 17.4. The highest BCUT2D eigenvalue weighted by molar-refractivity contribution is 5.30. The number of halogens is 3. The molecule has 0 aliphatic carbocycles. The van der Waals surface area contributed by atoms with E-state index in [4.69, 9.17) is 4.74 Å². The Bertz CT molecular complexity index is 1030. The highest BCUT2D eigenvalue weighted by atomic mass is 19.4. The maximum Gasteiger partial charge on any atom is 0.416 e. The lowest BCUT2D eigenvalue weighted by molar-refractivity contribution is -0.137. The number of ether oxygens (including phenoxy) is 1. The van der Waals surface area contributed by atoms with Crippen LogP contribution >= 0.6 is 0 Å². The number of likely N-dealkylation sites (tertiary alicyclic amines) is 1. The van der Waals surface area contributed by atoms with Crippen LogP contribution in [0.15, 0.2) is 36.5 Å². The second-order valence-corrected chi connectivity index (χ2v) is 8.08. The van der Waals surface area contributed by atoms with Gasteiger partial charge in [-0.05, 0) is 44.2 Å². The predicted molar refractivity (Wildman–Crippen MR) is 110 cm³/mol. The second kappa shape index (κ2) is 8.74. The Balaban J connectivity index is 1.27. The van der Waals surface area contributed by atoms with E-state index in [1.807, 2.05) is 24.7 Å². The van der Waals surface area contributed by atoms with E-state index in [9.17, 15) is 13.2 Å².